The van der Waals surface area contributed by atoms with E-state index in [1.165, 1.54) is 12.1 Å². The van der Waals surface area contributed by atoms with Gasteiger partial charge in [-0.1, -0.05) is 26.0 Å². The Hall–Kier alpha value is -2.82. The molecule has 192 valence electrons. The van der Waals surface area contributed by atoms with E-state index in [0.29, 0.717) is 28.8 Å². The predicted octanol–water partition coefficient (Wildman–Crippen LogP) is 3.28. The zero-order valence-corrected chi connectivity index (χ0v) is 21.1. The Bertz CT molecular complexity index is 1150. The Labute approximate surface area is 205 Å². The lowest BCUT2D eigenvalue weighted by Gasteiger charge is -2.23. The third-order valence-electron chi connectivity index (χ3n) is 5.39. The molecule has 4 N–H and O–H groups in total. The molecule has 2 unspecified atom stereocenters. The molecule has 0 aliphatic carbocycles. The highest BCUT2D eigenvalue weighted by molar-refractivity contribution is 7.88. The summed E-state index contributed by atoms with van der Waals surface area (Å²) >= 11 is 0. The lowest BCUT2D eigenvalue weighted by molar-refractivity contribution is -0.139. The van der Waals surface area contributed by atoms with Gasteiger partial charge in [-0.15, -0.1) is 0 Å². The SMILES string of the molecule is CC1=C(NS(C)(=O)=O)N=C(c2ccc(F)cc2)/C(=C/CC(O)CC(O)CC(=O)O)C(C(C)C)=CC1. The molecule has 8 nitrogen and oxygen atoms in total. The van der Waals surface area contributed by atoms with Crippen molar-refractivity contribution in [2.75, 3.05) is 6.26 Å². The zero-order chi connectivity index (χ0) is 26.3. The number of aliphatic hydroxyl groups is 2. The molecule has 35 heavy (non-hydrogen) atoms. The lowest BCUT2D eigenvalue weighted by Crippen LogP contribution is -2.24. The Kier molecular flexibility index (Phi) is 9.93. The summed E-state index contributed by atoms with van der Waals surface area (Å²) in [6.07, 6.45) is 2.46. The number of nitrogens with one attached hydrogen (secondary N) is 1. The van der Waals surface area contributed by atoms with Crippen LogP contribution in [0, 0.1) is 11.7 Å². The average molecular weight is 509 g/mol. The highest BCUT2D eigenvalue weighted by atomic mass is 32.2. The molecule has 0 fully saturated rings. The summed E-state index contributed by atoms with van der Waals surface area (Å²) in [6, 6.07) is 5.65. The van der Waals surface area contributed by atoms with Gasteiger partial charge in [-0.2, -0.15) is 0 Å². The fraction of sp³-hybridized carbons (Fsp3) is 0.440. The molecular weight excluding hydrogens is 475 g/mol. The number of carboxylic acids is 1. The number of carboxylic acid groups (broad SMARTS) is 1. The molecule has 0 bridgehead atoms. The minimum atomic E-state index is -3.62. The molecule has 1 heterocycles. The van der Waals surface area contributed by atoms with E-state index in [2.05, 4.69) is 9.71 Å². The van der Waals surface area contributed by atoms with E-state index in [4.69, 9.17) is 5.11 Å². The monoisotopic (exact) mass is 508 g/mol. The Morgan fingerprint density at radius 2 is 1.83 bits per heavy atom. The van der Waals surface area contributed by atoms with Crippen molar-refractivity contribution in [2.45, 2.75) is 58.7 Å². The molecule has 1 aromatic carbocycles. The number of halogens is 1. The number of hydrogen-bond acceptors (Lipinski definition) is 6. The second-order valence-corrected chi connectivity index (χ2v) is 10.7. The second-order valence-electron chi connectivity index (χ2n) is 8.98. The fourth-order valence-electron chi connectivity index (χ4n) is 3.70. The van der Waals surface area contributed by atoms with Gasteiger partial charge in [0, 0.05) is 17.6 Å². The topological polar surface area (TPSA) is 136 Å². The molecule has 1 aliphatic rings. The summed E-state index contributed by atoms with van der Waals surface area (Å²) in [5.74, 6) is -1.39. The van der Waals surface area contributed by atoms with E-state index in [0.717, 1.165) is 11.8 Å². The van der Waals surface area contributed by atoms with Crippen LogP contribution in [-0.2, 0) is 14.8 Å². The summed E-state index contributed by atoms with van der Waals surface area (Å²) in [6.45, 7) is 5.76. The number of sulfonamides is 1. The van der Waals surface area contributed by atoms with E-state index in [1.54, 1.807) is 25.1 Å². The quantitative estimate of drug-likeness (QED) is 0.383. The first-order chi connectivity index (χ1) is 16.3. The van der Waals surface area contributed by atoms with Crippen LogP contribution in [0.15, 0.2) is 64.0 Å². The number of nitrogens with zero attached hydrogens (tertiary/aromatic N) is 1. The molecule has 1 aromatic rings. The molecule has 0 saturated carbocycles. The number of benzene rings is 1. The standard InChI is InChI=1S/C25H33FN2O6S/c1-15(2)21-11-5-16(3)25(28-35(4,33)34)27-24(17-6-8-18(26)9-7-17)22(21)12-10-19(29)13-20(30)14-23(31)32/h6-9,11-12,15,19-20,28-30H,5,10,13-14H2,1-4H3,(H,31,32)/b21-11?,22-12+,25-16?,27-24?. The van der Waals surface area contributed by atoms with Crippen LogP contribution in [0.5, 0.6) is 0 Å². The molecule has 0 aromatic heterocycles. The van der Waals surface area contributed by atoms with Gasteiger partial charge in [0.2, 0.25) is 10.0 Å². The Morgan fingerprint density at radius 1 is 1.20 bits per heavy atom. The van der Waals surface area contributed by atoms with Crippen molar-refractivity contribution < 1.29 is 32.9 Å². The number of hydrogen-bond donors (Lipinski definition) is 4. The lowest BCUT2D eigenvalue weighted by atomic mass is 9.86. The third kappa shape index (κ3) is 9.04. The number of rotatable bonds is 10. The maximum atomic E-state index is 13.7. The first-order valence-corrected chi connectivity index (χ1v) is 13.2. The van der Waals surface area contributed by atoms with Crippen molar-refractivity contribution >= 4 is 21.7 Å². The number of allylic oxidation sites excluding steroid dienone is 4. The average Bonchev–Trinajstić information content (AvgIpc) is 2.71. The molecule has 0 saturated heterocycles. The van der Waals surface area contributed by atoms with E-state index < -0.39 is 40.4 Å². The first-order valence-electron chi connectivity index (χ1n) is 11.3. The predicted molar refractivity (Wildman–Crippen MR) is 133 cm³/mol. The van der Waals surface area contributed by atoms with Gasteiger partial charge < -0.3 is 15.3 Å². The van der Waals surface area contributed by atoms with E-state index >= 15 is 0 Å². The molecule has 1 aliphatic heterocycles. The van der Waals surface area contributed by atoms with Crippen LogP contribution in [0.4, 0.5) is 4.39 Å². The van der Waals surface area contributed by atoms with Gasteiger partial charge in [0.1, 0.15) is 11.6 Å². The van der Waals surface area contributed by atoms with Crippen LogP contribution in [0.25, 0.3) is 0 Å². The van der Waals surface area contributed by atoms with Gasteiger partial charge in [-0.3, -0.25) is 9.52 Å². The van der Waals surface area contributed by atoms with Crippen LogP contribution >= 0.6 is 0 Å². The van der Waals surface area contributed by atoms with Gasteiger partial charge in [-0.25, -0.2) is 17.8 Å². The molecular formula is C25H33FN2O6S. The van der Waals surface area contributed by atoms with Crippen molar-refractivity contribution in [3.05, 3.63) is 70.3 Å². The maximum absolute atomic E-state index is 13.7. The van der Waals surface area contributed by atoms with E-state index in [9.17, 15) is 27.8 Å². The van der Waals surface area contributed by atoms with Gasteiger partial charge in [0.25, 0.3) is 0 Å². The van der Waals surface area contributed by atoms with Gasteiger partial charge in [0.05, 0.1) is 30.6 Å². The summed E-state index contributed by atoms with van der Waals surface area (Å²) in [7, 11) is -3.62. The zero-order valence-electron chi connectivity index (χ0n) is 20.3. The number of aliphatic carboxylic acids is 1. The summed E-state index contributed by atoms with van der Waals surface area (Å²) in [5, 5.41) is 29.2. The van der Waals surface area contributed by atoms with Gasteiger partial charge in [0.15, 0.2) is 0 Å². The fourth-order valence-corrected chi connectivity index (χ4v) is 4.27. The second kappa shape index (κ2) is 12.2. The molecule has 2 atom stereocenters. The molecule has 2 rings (SSSR count). The van der Waals surface area contributed by atoms with Gasteiger partial charge >= 0.3 is 5.97 Å². The minimum absolute atomic E-state index is 0.0406. The van der Waals surface area contributed by atoms with Crippen LogP contribution in [0.3, 0.4) is 0 Å². The Morgan fingerprint density at radius 3 is 2.37 bits per heavy atom. The minimum Gasteiger partial charge on any atom is -0.481 e. The summed E-state index contributed by atoms with van der Waals surface area (Å²) in [5.41, 5.74) is 3.19. The van der Waals surface area contributed by atoms with E-state index in [1.807, 2.05) is 19.9 Å². The first kappa shape index (κ1) is 28.4. The van der Waals surface area contributed by atoms with Crippen LogP contribution in [0.1, 0.15) is 52.0 Å². The number of aliphatic hydroxyl groups excluding tert-OH is 2. The molecule has 0 radical (unpaired) electrons. The van der Waals surface area contributed by atoms with Crippen LogP contribution < -0.4 is 4.72 Å². The van der Waals surface area contributed by atoms with Crippen molar-refractivity contribution in [1.29, 1.82) is 0 Å². The van der Waals surface area contributed by atoms with Crippen LogP contribution in [-0.4, -0.2) is 53.9 Å². The third-order valence-corrected chi connectivity index (χ3v) is 5.96. The number of carbonyl (C=O) groups is 1. The normalized spacial score (nSPS) is 18.0. The maximum Gasteiger partial charge on any atom is 0.305 e. The number of aliphatic imine (C=N–C) groups is 1. The smallest absolute Gasteiger partial charge is 0.305 e. The highest BCUT2D eigenvalue weighted by Gasteiger charge is 2.22. The molecule has 10 heteroatoms. The van der Waals surface area contributed by atoms with Crippen molar-refractivity contribution in [2.24, 2.45) is 10.9 Å². The van der Waals surface area contributed by atoms with Crippen LogP contribution in [0.2, 0.25) is 0 Å². The van der Waals surface area contributed by atoms with Gasteiger partial charge in [-0.05, 0) is 61.1 Å². The van der Waals surface area contributed by atoms with Crippen molar-refractivity contribution in [3.8, 4) is 0 Å². The molecule has 0 spiro atoms. The largest absolute Gasteiger partial charge is 0.481 e. The molecule has 0 amide bonds. The van der Waals surface area contributed by atoms with E-state index in [-0.39, 0.29) is 24.6 Å². The highest BCUT2D eigenvalue weighted by Crippen LogP contribution is 2.30. The Balaban J connectivity index is 2.62. The van der Waals surface area contributed by atoms with Crippen molar-refractivity contribution in [1.82, 2.24) is 4.72 Å². The summed E-state index contributed by atoms with van der Waals surface area (Å²) < 4.78 is 40.1. The summed E-state index contributed by atoms with van der Waals surface area (Å²) in [4.78, 5) is 15.5. The van der Waals surface area contributed by atoms with Crippen molar-refractivity contribution in [3.63, 3.8) is 0 Å².